The molecule has 0 amide bonds. The van der Waals surface area contributed by atoms with Crippen LogP contribution in [0.3, 0.4) is 0 Å². The largest absolute Gasteiger partial charge is 0.422 e. The normalized spacial score (nSPS) is 11.8. The third kappa shape index (κ3) is 6.21. The second kappa shape index (κ2) is 15.0. The van der Waals surface area contributed by atoms with Crippen molar-refractivity contribution in [3.63, 3.8) is 0 Å². The van der Waals surface area contributed by atoms with Crippen LogP contribution >= 0.6 is 0 Å². The van der Waals surface area contributed by atoms with Crippen LogP contribution in [0.5, 0.6) is 0 Å². The van der Waals surface area contributed by atoms with Gasteiger partial charge in [-0.3, -0.25) is 4.40 Å². The molecule has 0 saturated carbocycles. The molecule has 5 nitrogen and oxygen atoms in total. The van der Waals surface area contributed by atoms with Gasteiger partial charge < -0.3 is 4.42 Å². The van der Waals surface area contributed by atoms with E-state index in [9.17, 15) is 0 Å². The zero-order chi connectivity index (χ0) is 41.8. The van der Waals surface area contributed by atoms with Gasteiger partial charge in [0.05, 0.1) is 11.7 Å². The lowest BCUT2D eigenvalue weighted by Gasteiger charge is -2.29. The van der Waals surface area contributed by atoms with Crippen LogP contribution in [0.1, 0.15) is 26.3 Å². The molecule has 0 N–H and O–H groups in total. The van der Waals surface area contributed by atoms with Gasteiger partial charge in [0, 0.05) is 5.56 Å². The smallest absolute Gasteiger partial charge is 0.309 e. The van der Waals surface area contributed by atoms with Gasteiger partial charge in [-0.25, -0.2) is 9.97 Å². The molecule has 0 aliphatic carbocycles. The van der Waals surface area contributed by atoms with Crippen molar-refractivity contribution < 1.29 is 4.42 Å². The molecule has 62 heavy (non-hydrogen) atoms. The number of oxazole rings is 1. The quantitative estimate of drug-likeness (QED) is 0.161. The summed E-state index contributed by atoms with van der Waals surface area (Å²) in [6.45, 7) is 6.77. The van der Waals surface area contributed by atoms with Crippen molar-refractivity contribution in [3.8, 4) is 77.9 Å². The van der Waals surface area contributed by atoms with Gasteiger partial charge in [0.2, 0.25) is 0 Å². The summed E-state index contributed by atoms with van der Waals surface area (Å²) >= 11 is 0. The summed E-state index contributed by atoms with van der Waals surface area (Å²) in [7, 11) is 0. The average Bonchev–Trinajstić information content (AvgIpc) is 3.88. The molecule has 5 heteroatoms. The van der Waals surface area contributed by atoms with E-state index in [1.54, 1.807) is 6.20 Å². The Morgan fingerprint density at radius 3 is 1.16 bits per heavy atom. The number of benzene rings is 8. The predicted molar refractivity (Wildman–Crippen MR) is 255 cm³/mol. The zero-order valence-electron chi connectivity index (χ0n) is 34.7. The summed E-state index contributed by atoms with van der Waals surface area (Å²) in [4.78, 5) is 13.5. The first-order chi connectivity index (χ1) is 30.4. The number of hydrogen-bond acceptors (Lipinski definition) is 4. The van der Waals surface area contributed by atoms with Crippen LogP contribution in [0, 0.1) is 0 Å². The fraction of sp³-hybridized carbons (Fsp3) is 0.0702. The Morgan fingerprint density at radius 2 is 0.774 bits per heavy atom. The summed E-state index contributed by atoms with van der Waals surface area (Å²) in [5.74, 6) is 0.500. The zero-order valence-corrected chi connectivity index (χ0v) is 34.7. The Hall–Kier alpha value is -7.89. The van der Waals surface area contributed by atoms with Crippen LogP contribution in [0.2, 0.25) is 0 Å². The number of aromatic nitrogens is 4. The molecule has 0 aliphatic heterocycles. The molecule has 0 unspecified atom stereocenters. The molecule has 3 aromatic heterocycles. The maximum absolute atomic E-state index is 6.70. The van der Waals surface area contributed by atoms with Gasteiger partial charge in [-0.1, -0.05) is 203 Å². The molecular weight excluding hydrogens is 757 g/mol. The van der Waals surface area contributed by atoms with E-state index in [1.165, 1.54) is 45.3 Å². The highest BCUT2D eigenvalue weighted by Gasteiger charge is 2.30. The van der Waals surface area contributed by atoms with E-state index in [2.05, 4.69) is 219 Å². The van der Waals surface area contributed by atoms with E-state index in [0.717, 1.165) is 61.1 Å². The van der Waals surface area contributed by atoms with Crippen LogP contribution in [0.25, 0.3) is 106 Å². The Kier molecular flexibility index (Phi) is 8.97. The molecule has 0 aliphatic rings. The number of nitrogens with zero attached hydrogens (tertiary/aromatic N) is 4. The van der Waals surface area contributed by atoms with E-state index < -0.39 is 0 Å². The van der Waals surface area contributed by atoms with Gasteiger partial charge in [-0.2, -0.15) is 4.98 Å². The Bertz CT molecular complexity index is 3280. The van der Waals surface area contributed by atoms with Crippen molar-refractivity contribution in [2.45, 2.75) is 26.2 Å². The minimum atomic E-state index is -0.175. The van der Waals surface area contributed by atoms with Crippen molar-refractivity contribution in [2.24, 2.45) is 0 Å². The van der Waals surface area contributed by atoms with Crippen LogP contribution in [0.15, 0.2) is 205 Å². The third-order valence-electron chi connectivity index (χ3n) is 12.0. The molecule has 0 saturated heterocycles. The van der Waals surface area contributed by atoms with Gasteiger partial charge in [0.15, 0.2) is 11.2 Å². The number of hydrogen-bond donors (Lipinski definition) is 0. The summed E-state index contributed by atoms with van der Waals surface area (Å²) in [6.07, 6.45) is 3.32. The SMILES string of the molecule is CC(C)(C)c1ccc2c(oc3nc4ncncc4n32)c1-c1ccc(-c2c(-c3ccccc3)c(-c3ccccc3)c(-c3ccccc3)c(-c3ccccc3)c2-c2ccccc2)cc1. The molecule has 8 aromatic carbocycles. The first kappa shape index (κ1) is 37.1. The Balaban J connectivity index is 1.27. The number of rotatable bonds is 7. The van der Waals surface area contributed by atoms with E-state index in [4.69, 9.17) is 9.40 Å². The second-order valence-electron chi connectivity index (χ2n) is 16.8. The minimum absolute atomic E-state index is 0.175. The summed E-state index contributed by atoms with van der Waals surface area (Å²) in [5.41, 5.74) is 20.3. The van der Waals surface area contributed by atoms with E-state index in [1.807, 2.05) is 4.40 Å². The minimum Gasteiger partial charge on any atom is -0.422 e. The summed E-state index contributed by atoms with van der Waals surface area (Å²) in [5, 5.41) is 0. The lowest BCUT2D eigenvalue weighted by atomic mass is 9.74. The predicted octanol–water partition coefficient (Wildman–Crippen LogP) is 15.0. The molecule has 11 aromatic rings. The van der Waals surface area contributed by atoms with Gasteiger partial charge in [-0.15, -0.1) is 0 Å². The van der Waals surface area contributed by atoms with E-state index in [0.29, 0.717) is 11.5 Å². The fourth-order valence-corrected chi connectivity index (χ4v) is 9.27. The number of fused-ring (bicyclic) bond motifs is 5. The van der Waals surface area contributed by atoms with E-state index >= 15 is 0 Å². The number of imidazole rings is 1. The topological polar surface area (TPSA) is 56.2 Å². The molecule has 296 valence electrons. The van der Waals surface area contributed by atoms with Crippen molar-refractivity contribution in [2.75, 3.05) is 0 Å². The standard InChI is InChI=1S/C57H42N4O/c1-57(2,3)44-33-34-45-54(62-56-60-55-46(61(45)56)35-58-36-59-55)47(44)42-29-31-43(32-30-42)53-51(40-25-15-7-16-26-40)49(38-21-11-5-12-22-38)48(37-19-9-4-10-20-37)50(39-23-13-6-14-24-39)52(53)41-27-17-8-18-28-41/h4-36H,1-3H3. The van der Waals surface area contributed by atoms with Crippen LogP contribution in [0.4, 0.5) is 0 Å². The highest BCUT2D eigenvalue weighted by molar-refractivity contribution is 6.15. The van der Waals surface area contributed by atoms with Gasteiger partial charge in [0.25, 0.3) is 0 Å². The monoisotopic (exact) mass is 798 g/mol. The lowest BCUT2D eigenvalue weighted by Crippen LogP contribution is -2.13. The Morgan fingerprint density at radius 1 is 0.403 bits per heavy atom. The summed E-state index contributed by atoms with van der Waals surface area (Å²) < 4.78 is 8.72. The van der Waals surface area contributed by atoms with Crippen molar-refractivity contribution in [1.29, 1.82) is 0 Å². The van der Waals surface area contributed by atoms with Crippen LogP contribution < -0.4 is 0 Å². The van der Waals surface area contributed by atoms with Crippen molar-refractivity contribution in [1.82, 2.24) is 19.4 Å². The lowest BCUT2D eigenvalue weighted by molar-refractivity contribution is 0.589. The average molecular weight is 799 g/mol. The molecular formula is C57H42N4O. The van der Waals surface area contributed by atoms with Crippen LogP contribution in [-0.2, 0) is 5.41 Å². The Labute approximate surface area is 360 Å². The molecule has 3 heterocycles. The maximum atomic E-state index is 6.70. The third-order valence-corrected chi connectivity index (χ3v) is 12.0. The van der Waals surface area contributed by atoms with Crippen molar-refractivity contribution >= 4 is 28.1 Å². The van der Waals surface area contributed by atoms with Gasteiger partial charge >= 0.3 is 5.84 Å². The van der Waals surface area contributed by atoms with Gasteiger partial charge in [-0.05, 0) is 89.4 Å². The first-order valence-corrected chi connectivity index (χ1v) is 21.1. The fourth-order valence-electron chi connectivity index (χ4n) is 9.27. The molecule has 0 atom stereocenters. The van der Waals surface area contributed by atoms with Crippen LogP contribution in [-0.4, -0.2) is 19.4 Å². The molecule has 0 fully saturated rings. The molecule has 0 radical (unpaired) electrons. The second-order valence-corrected chi connectivity index (χ2v) is 16.8. The molecule has 0 bridgehead atoms. The van der Waals surface area contributed by atoms with E-state index in [-0.39, 0.29) is 5.41 Å². The highest BCUT2D eigenvalue weighted by Crippen LogP contribution is 2.56. The maximum Gasteiger partial charge on any atom is 0.309 e. The summed E-state index contributed by atoms with van der Waals surface area (Å²) in [6, 6.07) is 68.0. The molecule has 11 rings (SSSR count). The highest BCUT2D eigenvalue weighted by atomic mass is 16.4. The first-order valence-electron chi connectivity index (χ1n) is 21.1. The molecule has 0 spiro atoms. The van der Waals surface area contributed by atoms with Gasteiger partial charge in [0.1, 0.15) is 11.8 Å². The van der Waals surface area contributed by atoms with Crippen molar-refractivity contribution in [3.05, 3.63) is 206 Å².